The van der Waals surface area contributed by atoms with Gasteiger partial charge in [0.25, 0.3) is 0 Å². The van der Waals surface area contributed by atoms with E-state index in [0.717, 1.165) is 12.2 Å². The van der Waals surface area contributed by atoms with Gasteiger partial charge in [-0.25, -0.2) is 9.59 Å². The molecule has 2 unspecified atom stereocenters. The lowest BCUT2D eigenvalue weighted by Crippen LogP contribution is -2.18. The van der Waals surface area contributed by atoms with Crippen molar-refractivity contribution in [3.05, 3.63) is 12.2 Å². The van der Waals surface area contributed by atoms with Crippen LogP contribution < -0.4 is 0 Å². The predicted molar refractivity (Wildman–Crippen MR) is 84.4 cm³/mol. The normalized spacial score (nSPS) is 13.7. The molecule has 0 radical (unpaired) electrons. The Balaban J connectivity index is 3.88. The lowest BCUT2D eigenvalue weighted by atomic mass is 10.2. The quantitative estimate of drug-likeness (QED) is 0.153. The van der Waals surface area contributed by atoms with Crippen LogP contribution in [-0.2, 0) is 19.1 Å². The number of carbonyl (C=O) groups is 2. The summed E-state index contributed by atoms with van der Waals surface area (Å²) in [7, 11) is 0. The molecule has 140 valence electrons. The zero-order chi connectivity index (χ0) is 18.2. The van der Waals surface area contributed by atoms with Gasteiger partial charge in [-0.05, 0) is 25.7 Å². The maximum absolute atomic E-state index is 11.4. The van der Waals surface area contributed by atoms with Gasteiger partial charge in [-0.3, -0.25) is 0 Å². The number of aliphatic hydroxyl groups is 4. The van der Waals surface area contributed by atoms with E-state index in [9.17, 15) is 19.8 Å². The van der Waals surface area contributed by atoms with Gasteiger partial charge in [-0.2, -0.15) is 0 Å². The highest BCUT2D eigenvalue weighted by Gasteiger charge is 2.11. The fourth-order valence-corrected chi connectivity index (χ4v) is 1.82. The van der Waals surface area contributed by atoms with Crippen molar-refractivity contribution in [2.75, 3.05) is 13.2 Å². The highest BCUT2D eigenvalue weighted by Crippen LogP contribution is 2.06. The highest BCUT2D eigenvalue weighted by atomic mass is 16.6. The maximum Gasteiger partial charge on any atom is 0.333 e. The second-order valence-electron chi connectivity index (χ2n) is 5.26. The van der Waals surface area contributed by atoms with Gasteiger partial charge in [0.2, 0.25) is 12.6 Å². The molecule has 0 rings (SSSR count). The number of aliphatic hydroxyl groups excluding tert-OH is 4. The molecule has 8 nitrogen and oxygen atoms in total. The molecule has 0 heterocycles. The number of hydrogen-bond acceptors (Lipinski definition) is 8. The number of hydrogen-bond donors (Lipinski definition) is 4. The smallest absolute Gasteiger partial charge is 0.333 e. The van der Waals surface area contributed by atoms with Crippen LogP contribution in [0.3, 0.4) is 0 Å². The Hall–Kier alpha value is -1.48. The monoisotopic (exact) mass is 348 g/mol. The van der Waals surface area contributed by atoms with Gasteiger partial charge in [0.15, 0.2) is 0 Å². The van der Waals surface area contributed by atoms with E-state index in [-0.39, 0.29) is 26.1 Å². The van der Waals surface area contributed by atoms with Crippen LogP contribution in [0.5, 0.6) is 0 Å². The fraction of sp³-hybridized carbons (Fsp3) is 0.750. The second-order valence-corrected chi connectivity index (χ2v) is 5.26. The van der Waals surface area contributed by atoms with Crippen LogP contribution in [0.4, 0.5) is 0 Å². The molecule has 0 bridgehead atoms. The SMILES string of the molecule is O=C(/C=C/C(=O)OC(O)CCCCCO)OC(O)CCCCCO. The minimum absolute atomic E-state index is 0.0774. The largest absolute Gasteiger partial charge is 0.433 e. The lowest BCUT2D eigenvalue weighted by molar-refractivity contribution is -0.165. The summed E-state index contributed by atoms with van der Waals surface area (Å²) in [5.41, 5.74) is 0. The Bertz CT molecular complexity index is 335. The summed E-state index contributed by atoms with van der Waals surface area (Å²) >= 11 is 0. The summed E-state index contributed by atoms with van der Waals surface area (Å²) in [6, 6.07) is 0. The van der Waals surface area contributed by atoms with Gasteiger partial charge in [0, 0.05) is 38.2 Å². The minimum atomic E-state index is -1.27. The molecule has 0 amide bonds. The van der Waals surface area contributed by atoms with Crippen molar-refractivity contribution in [2.45, 2.75) is 63.9 Å². The zero-order valence-electron chi connectivity index (χ0n) is 13.8. The lowest BCUT2D eigenvalue weighted by Gasteiger charge is -2.11. The van der Waals surface area contributed by atoms with Crippen molar-refractivity contribution in [2.24, 2.45) is 0 Å². The molecule has 0 aliphatic rings. The fourth-order valence-electron chi connectivity index (χ4n) is 1.82. The number of unbranched alkanes of at least 4 members (excludes halogenated alkanes) is 4. The van der Waals surface area contributed by atoms with Crippen molar-refractivity contribution in [3.8, 4) is 0 Å². The summed E-state index contributed by atoms with van der Waals surface area (Å²) in [5, 5.41) is 36.1. The predicted octanol–water partition coefficient (Wildman–Crippen LogP) is 0.371. The third-order valence-corrected chi connectivity index (χ3v) is 3.08. The molecule has 0 aromatic carbocycles. The van der Waals surface area contributed by atoms with Crippen LogP contribution in [0, 0.1) is 0 Å². The molecule has 0 aliphatic heterocycles. The van der Waals surface area contributed by atoms with Crippen molar-refractivity contribution in [1.82, 2.24) is 0 Å². The first-order valence-electron chi connectivity index (χ1n) is 8.16. The first kappa shape index (κ1) is 22.5. The zero-order valence-corrected chi connectivity index (χ0v) is 13.8. The molecule has 0 saturated carbocycles. The third-order valence-electron chi connectivity index (χ3n) is 3.08. The van der Waals surface area contributed by atoms with E-state index < -0.39 is 24.5 Å². The van der Waals surface area contributed by atoms with E-state index in [1.54, 1.807) is 0 Å². The number of rotatable bonds is 14. The van der Waals surface area contributed by atoms with Crippen LogP contribution in [0.1, 0.15) is 51.4 Å². The van der Waals surface area contributed by atoms with Crippen LogP contribution in [0.2, 0.25) is 0 Å². The Morgan fingerprint density at radius 3 is 1.42 bits per heavy atom. The minimum Gasteiger partial charge on any atom is -0.433 e. The van der Waals surface area contributed by atoms with Gasteiger partial charge in [0.1, 0.15) is 0 Å². The topological polar surface area (TPSA) is 134 Å². The Labute approximate surface area is 141 Å². The van der Waals surface area contributed by atoms with E-state index in [4.69, 9.17) is 10.2 Å². The number of ether oxygens (including phenoxy) is 2. The van der Waals surface area contributed by atoms with Crippen LogP contribution in [0.15, 0.2) is 12.2 Å². The molecule has 2 atom stereocenters. The van der Waals surface area contributed by atoms with Gasteiger partial charge in [-0.15, -0.1) is 0 Å². The van der Waals surface area contributed by atoms with Gasteiger partial charge < -0.3 is 29.9 Å². The maximum atomic E-state index is 11.4. The van der Waals surface area contributed by atoms with Gasteiger partial charge in [0.05, 0.1) is 0 Å². The van der Waals surface area contributed by atoms with E-state index in [1.807, 2.05) is 0 Å². The second kappa shape index (κ2) is 15.1. The number of esters is 2. The standard InChI is InChI=1S/C16H28O8/c17-11-5-1-3-7-13(19)23-15(21)9-10-16(22)24-14(20)8-4-2-6-12-18/h9-10,13-14,17-20H,1-8,11-12H2/b10-9+. The first-order valence-corrected chi connectivity index (χ1v) is 8.16. The molecule has 0 aliphatic carbocycles. The van der Waals surface area contributed by atoms with Crippen molar-refractivity contribution in [1.29, 1.82) is 0 Å². The Kier molecular flexibility index (Phi) is 14.1. The third kappa shape index (κ3) is 14.1. The average molecular weight is 348 g/mol. The summed E-state index contributed by atoms with van der Waals surface area (Å²) in [6.45, 7) is 0.155. The van der Waals surface area contributed by atoms with Crippen molar-refractivity contribution < 1.29 is 39.5 Å². The molecule has 0 saturated heterocycles. The Morgan fingerprint density at radius 1 is 0.708 bits per heavy atom. The molecule has 4 N–H and O–H groups in total. The number of carbonyl (C=O) groups excluding carboxylic acids is 2. The van der Waals surface area contributed by atoms with Gasteiger partial charge >= 0.3 is 11.9 Å². The molecule has 8 heteroatoms. The summed E-state index contributed by atoms with van der Waals surface area (Å²) in [6.07, 6.45) is 3.45. The summed E-state index contributed by atoms with van der Waals surface area (Å²) in [5.74, 6) is -1.78. The summed E-state index contributed by atoms with van der Waals surface area (Å²) in [4.78, 5) is 22.7. The molecule has 0 spiro atoms. The van der Waals surface area contributed by atoms with E-state index >= 15 is 0 Å². The molecular weight excluding hydrogens is 320 g/mol. The Morgan fingerprint density at radius 2 is 1.08 bits per heavy atom. The van der Waals surface area contributed by atoms with E-state index in [0.29, 0.717) is 38.5 Å². The van der Waals surface area contributed by atoms with Crippen molar-refractivity contribution >= 4 is 11.9 Å². The average Bonchev–Trinajstić information content (AvgIpc) is 2.54. The summed E-state index contributed by atoms with van der Waals surface area (Å²) < 4.78 is 9.30. The van der Waals surface area contributed by atoms with E-state index in [2.05, 4.69) is 9.47 Å². The highest BCUT2D eigenvalue weighted by molar-refractivity contribution is 5.91. The molecule has 0 aromatic heterocycles. The first-order chi connectivity index (χ1) is 11.5. The van der Waals surface area contributed by atoms with E-state index in [1.165, 1.54) is 0 Å². The van der Waals surface area contributed by atoms with Crippen LogP contribution in [0.25, 0.3) is 0 Å². The van der Waals surface area contributed by atoms with Crippen molar-refractivity contribution in [3.63, 3.8) is 0 Å². The molecule has 0 aromatic rings. The molecule has 0 fully saturated rings. The molecule has 24 heavy (non-hydrogen) atoms. The van der Waals surface area contributed by atoms with Crippen LogP contribution in [-0.4, -0.2) is 58.2 Å². The van der Waals surface area contributed by atoms with Crippen LogP contribution >= 0.6 is 0 Å². The molecular formula is C16H28O8. The van der Waals surface area contributed by atoms with Gasteiger partial charge in [-0.1, -0.05) is 12.8 Å².